The molecule has 0 heterocycles. The summed E-state index contributed by atoms with van der Waals surface area (Å²) in [6.07, 6.45) is 1.93. The molecule has 0 aromatic heterocycles. The Balaban J connectivity index is 1.93. The molecule has 2 atom stereocenters. The molecule has 184 valence electrons. The molecule has 6 heteroatoms. The minimum atomic E-state index is -0.679. The van der Waals surface area contributed by atoms with Crippen LogP contribution in [0.2, 0.25) is 10.0 Å². The van der Waals surface area contributed by atoms with Crippen LogP contribution >= 0.6 is 23.2 Å². The van der Waals surface area contributed by atoms with Gasteiger partial charge in [-0.25, -0.2) is 0 Å². The summed E-state index contributed by atoms with van der Waals surface area (Å²) in [5, 5.41) is 4.28. The number of benzene rings is 3. The Bertz CT molecular complexity index is 1120. The number of hydrogen-bond donors (Lipinski definition) is 1. The van der Waals surface area contributed by atoms with E-state index in [1.54, 1.807) is 11.0 Å². The first-order valence-electron chi connectivity index (χ1n) is 12.0. The van der Waals surface area contributed by atoms with Crippen LogP contribution in [0.5, 0.6) is 0 Å². The number of hydrogen-bond acceptors (Lipinski definition) is 2. The molecule has 0 bridgehead atoms. The summed E-state index contributed by atoms with van der Waals surface area (Å²) in [5.74, 6) is -0.286. The Morgan fingerprint density at radius 3 is 2.03 bits per heavy atom. The van der Waals surface area contributed by atoms with Gasteiger partial charge >= 0.3 is 0 Å². The van der Waals surface area contributed by atoms with Crippen LogP contribution in [0.4, 0.5) is 0 Å². The predicted octanol–water partition coefficient (Wildman–Crippen LogP) is 6.48. The van der Waals surface area contributed by atoms with Gasteiger partial charge in [0.15, 0.2) is 0 Å². The molecule has 3 rings (SSSR count). The lowest BCUT2D eigenvalue weighted by Crippen LogP contribution is -2.52. The zero-order valence-corrected chi connectivity index (χ0v) is 21.7. The fraction of sp³-hybridized carbons (Fsp3) is 0.310. The van der Waals surface area contributed by atoms with Crippen molar-refractivity contribution in [2.24, 2.45) is 0 Å². The number of carbonyl (C=O) groups excluding carboxylic acids is 2. The van der Waals surface area contributed by atoms with E-state index >= 15 is 0 Å². The Hall–Kier alpha value is -2.82. The third-order valence-electron chi connectivity index (χ3n) is 6.14. The lowest BCUT2D eigenvalue weighted by molar-refractivity contribution is -0.141. The van der Waals surface area contributed by atoms with Gasteiger partial charge in [-0.3, -0.25) is 9.59 Å². The van der Waals surface area contributed by atoms with Gasteiger partial charge in [0, 0.05) is 35.5 Å². The van der Waals surface area contributed by atoms with Crippen molar-refractivity contribution in [3.63, 3.8) is 0 Å². The van der Waals surface area contributed by atoms with Gasteiger partial charge in [0.1, 0.15) is 6.04 Å². The maximum Gasteiger partial charge on any atom is 0.243 e. The van der Waals surface area contributed by atoms with Crippen molar-refractivity contribution < 1.29 is 9.59 Å². The van der Waals surface area contributed by atoms with E-state index in [-0.39, 0.29) is 30.8 Å². The quantitative estimate of drug-likeness (QED) is 0.320. The first kappa shape index (κ1) is 26.8. The standard InChI is InChI=1S/C29H32Cl2N2O2/c1-3-21(2)32-29(35)27(19-22-11-5-4-6-12-22)33(20-24-14-8-10-16-26(24)31)28(34)18-17-23-13-7-9-15-25(23)30/h4-16,21,27H,3,17-20H2,1-2H3,(H,32,35)/t21-,27-/m0/s1. The molecule has 0 aliphatic carbocycles. The Morgan fingerprint density at radius 2 is 1.43 bits per heavy atom. The van der Waals surface area contributed by atoms with Gasteiger partial charge in [-0.15, -0.1) is 0 Å². The monoisotopic (exact) mass is 510 g/mol. The summed E-state index contributed by atoms with van der Waals surface area (Å²) in [4.78, 5) is 28.9. The number of carbonyl (C=O) groups is 2. The fourth-order valence-electron chi connectivity index (χ4n) is 3.89. The molecule has 4 nitrogen and oxygen atoms in total. The van der Waals surface area contributed by atoms with E-state index in [0.717, 1.165) is 23.1 Å². The minimum absolute atomic E-state index is 0.00108. The van der Waals surface area contributed by atoms with E-state index in [9.17, 15) is 9.59 Å². The van der Waals surface area contributed by atoms with E-state index in [2.05, 4.69) is 5.32 Å². The summed E-state index contributed by atoms with van der Waals surface area (Å²) < 4.78 is 0. The SMILES string of the molecule is CC[C@H](C)NC(=O)[C@H](Cc1ccccc1)N(Cc1ccccc1Cl)C(=O)CCc1ccccc1Cl. The molecule has 0 spiro atoms. The van der Waals surface area contributed by atoms with Crippen molar-refractivity contribution >= 4 is 35.0 Å². The molecule has 35 heavy (non-hydrogen) atoms. The number of aryl methyl sites for hydroxylation is 1. The van der Waals surface area contributed by atoms with Crippen LogP contribution in [-0.4, -0.2) is 28.8 Å². The van der Waals surface area contributed by atoms with E-state index < -0.39 is 6.04 Å². The number of nitrogens with one attached hydrogen (secondary N) is 1. The van der Waals surface area contributed by atoms with Gasteiger partial charge in [0.2, 0.25) is 11.8 Å². The van der Waals surface area contributed by atoms with Crippen molar-refractivity contribution in [1.29, 1.82) is 0 Å². The van der Waals surface area contributed by atoms with Crippen molar-refractivity contribution in [3.05, 3.63) is 106 Å². The van der Waals surface area contributed by atoms with Crippen LogP contribution in [-0.2, 0) is 29.0 Å². The molecule has 0 fully saturated rings. The minimum Gasteiger partial charge on any atom is -0.352 e. The van der Waals surface area contributed by atoms with Crippen LogP contribution in [0.1, 0.15) is 43.4 Å². The summed E-state index contributed by atoms with van der Waals surface area (Å²) >= 11 is 12.8. The van der Waals surface area contributed by atoms with Crippen molar-refractivity contribution in [3.8, 4) is 0 Å². The molecule has 0 unspecified atom stereocenters. The van der Waals surface area contributed by atoms with Crippen LogP contribution in [0, 0.1) is 0 Å². The summed E-state index contributed by atoms with van der Waals surface area (Å²) in [7, 11) is 0. The topological polar surface area (TPSA) is 49.4 Å². The second-order valence-electron chi connectivity index (χ2n) is 8.73. The molecule has 1 N–H and O–H groups in total. The average molecular weight is 511 g/mol. The van der Waals surface area contributed by atoms with Gasteiger partial charge in [-0.1, -0.05) is 96.9 Å². The second-order valence-corrected chi connectivity index (χ2v) is 9.54. The number of rotatable bonds is 11. The van der Waals surface area contributed by atoms with Crippen LogP contribution in [0.3, 0.4) is 0 Å². The molecule has 0 aliphatic rings. The smallest absolute Gasteiger partial charge is 0.243 e. The van der Waals surface area contributed by atoms with Gasteiger partial charge in [-0.05, 0) is 48.6 Å². The number of halogens is 2. The molecule has 0 saturated heterocycles. The molecule has 0 radical (unpaired) electrons. The molecule has 2 amide bonds. The van der Waals surface area contributed by atoms with Crippen LogP contribution in [0.15, 0.2) is 78.9 Å². The molecule has 3 aromatic rings. The van der Waals surface area contributed by atoms with Gasteiger partial charge in [-0.2, -0.15) is 0 Å². The fourth-order valence-corrected chi connectivity index (χ4v) is 4.32. The lowest BCUT2D eigenvalue weighted by atomic mass is 10.0. The third kappa shape index (κ3) is 7.84. The van der Waals surface area contributed by atoms with Crippen LogP contribution in [0.25, 0.3) is 0 Å². The lowest BCUT2D eigenvalue weighted by Gasteiger charge is -2.32. The highest BCUT2D eigenvalue weighted by Gasteiger charge is 2.31. The van der Waals surface area contributed by atoms with E-state index in [1.807, 2.05) is 86.6 Å². The Morgan fingerprint density at radius 1 is 0.857 bits per heavy atom. The Labute approximate surface area is 218 Å². The second kappa shape index (κ2) is 13.3. The maximum atomic E-state index is 13.7. The normalized spacial score (nSPS) is 12.6. The van der Waals surface area contributed by atoms with Gasteiger partial charge < -0.3 is 10.2 Å². The maximum absolute atomic E-state index is 13.7. The van der Waals surface area contributed by atoms with Crippen molar-refractivity contribution in [2.75, 3.05) is 0 Å². The van der Waals surface area contributed by atoms with E-state index in [4.69, 9.17) is 23.2 Å². The first-order chi connectivity index (χ1) is 16.9. The van der Waals surface area contributed by atoms with E-state index in [0.29, 0.717) is 22.9 Å². The van der Waals surface area contributed by atoms with Crippen molar-refractivity contribution in [1.82, 2.24) is 10.2 Å². The predicted molar refractivity (Wildman–Crippen MR) is 144 cm³/mol. The largest absolute Gasteiger partial charge is 0.352 e. The van der Waals surface area contributed by atoms with Crippen LogP contribution < -0.4 is 5.32 Å². The summed E-state index contributed by atoms with van der Waals surface area (Å²) in [6, 6.07) is 24.0. The zero-order valence-electron chi connectivity index (χ0n) is 20.2. The molecular weight excluding hydrogens is 479 g/mol. The molecular formula is C29H32Cl2N2O2. The highest BCUT2D eigenvalue weighted by Crippen LogP contribution is 2.23. The summed E-state index contributed by atoms with van der Waals surface area (Å²) in [6.45, 7) is 4.23. The molecule has 0 aliphatic heterocycles. The Kier molecular flexibility index (Phi) is 10.2. The zero-order chi connectivity index (χ0) is 25.2. The highest BCUT2D eigenvalue weighted by molar-refractivity contribution is 6.31. The molecule has 3 aromatic carbocycles. The third-order valence-corrected chi connectivity index (χ3v) is 6.87. The van der Waals surface area contributed by atoms with Crippen molar-refractivity contribution in [2.45, 2.75) is 58.2 Å². The average Bonchev–Trinajstić information content (AvgIpc) is 2.87. The highest BCUT2D eigenvalue weighted by atomic mass is 35.5. The number of amides is 2. The van der Waals surface area contributed by atoms with Gasteiger partial charge in [0.05, 0.1) is 0 Å². The number of nitrogens with zero attached hydrogens (tertiary/aromatic N) is 1. The first-order valence-corrected chi connectivity index (χ1v) is 12.7. The summed E-state index contributed by atoms with van der Waals surface area (Å²) in [5.41, 5.74) is 2.69. The molecule has 0 saturated carbocycles. The van der Waals surface area contributed by atoms with E-state index in [1.165, 1.54) is 0 Å². The van der Waals surface area contributed by atoms with Gasteiger partial charge in [0.25, 0.3) is 0 Å².